The van der Waals surface area contributed by atoms with Crippen molar-refractivity contribution in [2.24, 2.45) is 0 Å². The van der Waals surface area contributed by atoms with Crippen LogP contribution in [-0.2, 0) is 4.79 Å². The summed E-state index contributed by atoms with van der Waals surface area (Å²) in [5, 5.41) is 12.1. The number of amides is 1. The SMILES string of the molecule is O=C(O)C[C@H](NC(=O)c1ccc2cccc(F)c2n1)c1ccco1. The molecule has 1 atom stereocenters. The second kappa shape index (κ2) is 6.49. The number of furan rings is 1. The molecule has 2 N–H and O–H groups in total. The summed E-state index contributed by atoms with van der Waals surface area (Å²) in [6.07, 6.45) is 1.04. The van der Waals surface area contributed by atoms with Crippen molar-refractivity contribution in [1.82, 2.24) is 10.3 Å². The third-order valence-corrected chi connectivity index (χ3v) is 3.47. The normalized spacial score (nSPS) is 12.0. The first-order valence-electron chi connectivity index (χ1n) is 7.16. The molecule has 0 aliphatic rings. The molecule has 0 saturated carbocycles. The van der Waals surface area contributed by atoms with E-state index < -0.39 is 23.7 Å². The minimum absolute atomic E-state index is 0.00505. The second-order valence-electron chi connectivity index (χ2n) is 5.15. The van der Waals surface area contributed by atoms with Gasteiger partial charge >= 0.3 is 5.97 Å². The Kier molecular flexibility index (Phi) is 4.24. The highest BCUT2D eigenvalue weighted by Gasteiger charge is 2.22. The van der Waals surface area contributed by atoms with Gasteiger partial charge in [0, 0.05) is 5.39 Å². The summed E-state index contributed by atoms with van der Waals surface area (Å²) in [5.74, 6) is -1.91. The average molecular weight is 328 g/mol. The molecule has 1 amide bonds. The monoisotopic (exact) mass is 328 g/mol. The number of carboxylic acid groups (broad SMARTS) is 1. The van der Waals surface area contributed by atoms with Crippen LogP contribution in [0.5, 0.6) is 0 Å². The molecule has 0 aliphatic carbocycles. The van der Waals surface area contributed by atoms with Crippen molar-refractivity contribution in [2.45, 2.75) is 12.5 Å². The zero-order chi connectivity index (χ0) is 17.1. The number of carbonyl (C=O) groups excluding carboxylic acids is 1. The number of nitrogens with zero attached hydrogens (tertiary/aromatic N) is 1. The molecule has 0 aliphatic heterocycles. The standard InChI is InChI=1S/C17H13FN2O4/c18-11-4-1-3-10-6-7-12(19-16(10)11)17(23)20-13(9-15(21)22)14-5-2-8-24-14/h1-8,13H,9H2,(H,20,23)(H,21,22)/t13-/m0/s1. The van der Waals surface area contributed by atoms with Gasteiger partial charge in [0.25, 0.3) is 5.91 Å². The van der Waals surface area contributed by atoms with E-state index >= 15 is 0 Å². The number of benzene rings is 1. The van der Waals surface area contributed by atoms with Crippen molar-refractivity contribution in [3.63, 3.8) is 0 Å². The van der Waals surface area contributed by atoms with E-state index in [0.29, 0.717) is 11.1 Å². The van der Waals surface area contributed by atoms with Gasteiger partial charge in [0.1, 0.15) is 22.8 Å². The first kappa shape index (κ1) is 15.7. The molecule has 3 aromatic rings. The Labute approximate surface area is 135 Å². The minimum Gasteiger partial charge on any atom is -0.481 e. The van der Waals surface area contributed by atoms with Crippen LogP contribution in [0, 0.1) is 5.82 Å². The van der Waals surface area contributed by atoms with Gasteiger partial charge in [-0.25, -0.2) is 9.37 Å². The second-order valence-corrected chi connectivity index (χ2v) is 5.15. The van der Waals surface area contributed by atoms with Crippen molar-refractivity contribution >= 4 is 22.8 Å². The summed E-state index contributed by atoms with van der Waals surface area (Å²) in [7, 11) is 0. The highest BCUT2D eigenvalue weighted by molar-refractivity contribution is 5.95. The number of aliphatic carboxylic acids is 1. The van der Waals surface area contributed by atoms with Crippen LogP contribution in [0.25, 0.3) is 10.9 Å². The Bertz CT molecular complexity index is 893. The van der Waals surface area contributed by atoms with Crippen LogP contribution in [-0.4, -0.2) is 22.0 Å². The van der Waals surface area contributed by atoms with Crippen molar-refractivity contribution in [1.29, 1.82) is 0 Å². The van der Waals surface area contributed by atoms with Gasteiger partial charge in [-0.15, -0.1) is 0 Å². The number of para-hydroxylation sites is 1. The molecule has 7 heteroatoms. The van der Waals surface area contributed by atoms with Crippen molar-refractivity contribution in [2.75, 3.05) is 0 Å². The molecule has 0 bridgehead atoms. The molecule has 122 valence electrons. The molecule has 1 aromatic carbocycles. The van der Waals surface area contributed by atoms with Gasteiger partial charge in [0.05, 0.1) is 18.7 Å². The fraction of sp³-hybridized carbons (Fsp3) is 0.118. The summed E-state index contributed by atoms with van der Waals surface area (Å²) in [6, 6.07) is 9.86. The van der Waals surface area contributed by atoms with E-state index in [2.05, 4.69) is 10.3 Å². The maximum absolute atomic E-state index is 13.8. The number of aromatic nitrogens is 1. The fourth-order valence-corrected chi connectivity index (χ4v) is 2.36. The maximum Gasteiger partial charge on any atom is 0.305 e. The molecule has 2 aromatic heterocycles. The number of halogens is 1. The summed E-state index contributed by atoms with van der Waals surface area (Å²) in [4.78, 5) is 27.4. The van der Waals surface area contributed by atoms with E-state index in [0.717, 1.165) is 0 Å². The van der Waals surface area contributed by atoms with Crippen LogP contribution >= 0.6 is 0 Å². The number of nitrogens with one attached hydrogen (secondary N) is 1. The lowest BCUT2D eigenvalue weighted by Crippen LogP contribution is -2.30. The predicted octanol–water partition coefficient (Wildman–Crippen LogP) is 2.91. The Balaban J connectivity index is 1.87. The number of carboxylic acids is 1. The van der Waals surface area contributed by atoms with E-state index in [1.807, 2.05) is 0 Å². The van der Waals surface area contributed by atoms with Gasteiger partial charge in [-0.3, -0.25) is 9.59 Å². The Hall–Kier alpha value is -3.22. The first-order valence-corrected chi connectivity index (χ1v) is 7.16. The molecule has 0 unspecified atom stereocenters. The van der Waals surface area contributed by atoms with Gasteiger partial charge in [-0.2, -0.15) is 0 Å². The molecular formula is C17H13FN2O4. The van der Waals surface area contributed by atoms with E-state index in [4.69, 9.17) is 9.52 Å². The number of carbonyl (C=O) groups is 2. The van der Waals surface area contributed by atoms with Crippen molar-refractivity contribution in [3.05, 3.63) is 66.0 Å². The highest BCUT2D eigenvalue weighted by atomic mass is 19.1. The van der Waals surface area contributed by atoms with Crippen LogP contribution < -0.4 is 5.32 Å². The van der Waals surface area contributed by atoms with Gasteiger partial charge in [0.15, 0.2) is 0 Å². The Morgan fingerprint density at radius 3 is 2.75 bits per heavy atom. The van der Waals surface area contributed by atoms with Crippen molar-refractivity contribution in [3.8, 4) is 0 Å². The number of fused-ring (bicyclic) bond motifs is 1. The lowest BCUT2D eigenvalue weighted by atomic mass is 10.1. The van der Waals surface area contributed by atoms with E-state index in [1.165, 1.54) is 18.4 Å². The number of hydrogen-bond acceptors (Lipinski definition) is 4. The molecule has 0 fully saturated rings. The zero-order valence-corrected chi connectivity index (χ0v) is 12.4. The molecule has 0 radical (unpaired) electrons. The summed E-state index contributed by atoms with van der Waals surface area (Å²) >= 11 is 0. The van der Waals surface area contributed by atoms with Gasteiger partial charge < -0.3 is 14.8 Å². The number of hydrogen-bond donors (Lipinski definition) is 2. The lowest BCUT2D eigenvalue weighted by Gasteiger charge is -2.14. The zero-order valence-electron chi connectivity index (χ0n) is 12.4. The van der Waals surface area contributed by atoms with Crippen LogP contribution in [0.15, 0.2) is 53.1 Å². The molecule has 0 saturated heterocycles. The van der Waals surface area contributed by atoms with E-state index in [-0.39, 0.29) is 17.6 Å². The van der Waals surface area contributed by atoms with Gasteiger partial charge in [-0.1, -0.05) is 18.2 Å². The third-order valence-electron chi connectivity index (χ3n) is 3.47. The topological polar surface area (TPSA) is 92.4 Å². The number of pyridine rings is 1. The molecule has 24 heavy (non-hydrogen) atoms. The Morgan fingerprint density at radius 2 is 2.04 bits per heavy atom. The Morgan fingerprint density at radius 1 is 1.21 bits per heavy atom. The predicted molar refractivity (Wildman–Crippen MR) is 82.9 cm³/mol. The molecule has 6 nitrogen and oxygen atoms in total. The number of rotatable bonds is 5. The minimum atomic E-state index is -1.09. The van der Waals surface area contributed by atoms with Crippen LogP contribution in [0.4, 0.5) is 4.39 Å². The smallest absolute Gasteiger partial charge is 0.305 e. The maximum atomic E-state index is 13.8. The van der Waals surface area contributed by atoms with E-state index in [1.54, 1.807) is 30.3 Å². The van der Waals surface area contributed by atoms with Gasteiger partial charge in [0.2, 0.25) is 0 Å². The van der Waals surface area contributed by atoms with Crippen molar-refractivity contribution < 1.29 is 23.5 Å². The fourth-order valence-electron chi connectivity index (χ4n) is 2.36. The molecular weight excluding hydrogens is 315 g/mol. The largest absolute Gasteiger partial charge is 0.481 e. The van der Waals surface area contributed by atoms with E-state index in [9.17, 15) is 14.0 Å². The molecule has 2 heterocycles. The quantitative estimate of drug-likeness (QED) is 0.751. The summed E-state index contributed by atoms with van der Waals surface area (Å²) in [5.41, 5.74) is 0.0764. The van der Waals surface area contributed by atoms with Gasteiger partial charge in [-0.05, 0) is 24.3 Å². The lowest BCUT2D eigenvalue weighted by molar-refractivity contribution is -0.137. The summed E-state index contributed by atoms with van der Waals surface area (Å²) < 4.78 is 19.0. The average Bonchev–Trinajstić information content (AvgIpc) is 3.08. The third kappa shape index (κ3) is 3.24. The molecule has 0 spiro atoms. The van der Waals surface area contributed by atoms with Crippen LogP contribution in [0.1, 0.15) is 28.7 Å². The summed E-state index contributed by atoms with van der Waals surface area (Å²) in [6.45, 7) is 0. The highest BCUT2D eigenvalue weighted by Crippen LogP contribution is 2.19. The molecule has 3 rings (SSSR count). The first-order chi connectivity index (χ1) is 11.5. The van der Waals surface area contributed by atoms with Crippen LogP contribution in [0.3, 0.4) is 0 Å². The van der Waals surface area contributed by atoms with Crippen LogP contribution in [0.2, 0.25) is 0 Å².